The highest BCUT2D eigenvalue weighted by molar-refractivity contribution is 4.64. The summed E-state index contributed by atoms with van der Waals surface area (Å²) in [5.41, 5.74) is 0. The Balaban J connectivity index is 3.70. The molecule has 0 amide bonds. The van der Waals surface area contributed by atoms with Crippen LogP contribution in [0.15, 0.2) is 0 Å². The van der Waals surface area contributed by atoms with Gasteiger partial charge in [0.05, 0.1) is 0 Å². The quantitative estimate of drug-likeness (QED) is 0.274. The highest BCUT2D eigenvalue weighted by Gasteiger charge is 2.30. The molecular formula is C4H10O5. The smallest absolute Gasteiger partial charge is 0.217 e. The van der Waals surface area contributed by atoms with E-state index in [0.29, 0.717) is 0 Å². The Kier molecular flexibility index (Phi) is 3.02. The summed E-state index contributed by atoms with van der Waals surface area (Å²) >= 11 is 0. The molecule has 0 saturated heterocycles. The molecular weight excluding hydrogens is 128 g/mol. The minimum Gasteiger partial charge on any atom is -0.396 e. The summed E-state index contributed by atoms with van der Waals surface area (Å²) in [5, 5.41) is 41.4. The lowest BCUT2D eigenvalue weighted by atomic mass is 10.2. The van der Waals surface area contributed by atoms with Gasteiger partial charge in [-0.15, -0.1) is 0 Å². The first-order chi connectivity index (χ1) is 4.00. The third-order valence-corrected chi connectivity index (χ3v) is 0.893. The third kappa shape index (κ3) is 2.73. The van der Waals surface area contributed by atoms with E-state index in [1.807, 2.05) is 0 Å². The molecule has 5 nitrogen and oxygen atoms in total. The van der Waals surface area contributed by atoms with E-state index in [9.17, 15) is 0 Å². The first-order valence-electron chi connectivity index (χ1n) is 2.42. The average molecular weight is 138 g/mol. The van der Waals surface area contributed by atoms with E-state index in [2.05, 4.69) is 0 Å². The van der Waals surface area contributed by atoms with Crippen LogP contribution >= 0.6 is 0 Å². The van der Waals surface area contributed by atoms with Crippen LogP contribution in [0, 0.1) is 0 Å². The van der Waals surface area contributed by atoms with E-state index in [1.165, 1.54) is 0 Å². The van der Waals surface area contributed by atoms with Crippen molar-refractivity contribution in [2.45, 2.75) is 18.5 Å². The monoisotopic (exact) mass is 138 g/mol. The summed E-state index contributed by atoms with van der Waals surface area (Å²) in [6, 6.07) is 0. The van der Waals surface area contributed by atoms with E-state index in [0.717, 1.165) is 0 Å². The summed E-state index contributed by atoms with van der Waals surface area (Å²) in [5.74, 6) is -2.59. The first-order valence-corrected chi connectivity index (χ1v) is 2.42. The summed E-state index contributed by atoms with van der Waals surface area (Å²) in [4.78, 5) is 0. The van der Waals surface area contributed by atoms with Crippen molar-refractivity contribution < 1.29 is 25.5 Å². The lowest BCUT2D eigenvalue weighted by Crippen LogP contribution is -2.42. The van der Waals surface area contributed by atoms with Crippen LogP contribution in [0.25, 0.3) is 0 Å². The molecule has 56 valence electrons. The van der Waals surface area contributed by atoms with Gasteiger partial charge in [0, 0.05) is 13.0 Å². The number of aliphatic hydroxyl groups is 5. The Morgan fingerprint density at radius 2 is 1.67 bits per heavy atom. The zero-order valence-corrected chi connectivity index (χ0v) is 4.73. The van der Waals surface area contributed by atoms with Crippen LogP contribution in [0.1, 0.15) is 6.42 Å². The predicted molar refractivity (Wildman–Crippen MR) is 27.1 cm³/mol. The van der Waals surface area contributed by atoms with Gasteiger partial charge in [-0.05, 0) is 0 Å². The molecule has 0 atom stereocenters. The molecule has 0 aromatic carbocycles. The summed E-state index contributed by atoms with van der Waals surface area (Å²) in [7, 11) is 0. The predicted octanol–water partition coefficient (Wildman–Crippen LogP) is -2.64. The molecule has 0 heterocycles. The molecule has 9 heavy (non-hydrogen) atoms. The van der Waals surface area contributed by atoms with Crippen molar-refractivity contribution in [1.29, 1.82) is 0 Å². The van der Waals surface area contributed by atoms with Crippen LogP contribution in [0.3, 0.4) is 0 Å². The van der Waals surface area contributed by atoms with Gasteiger partial charge in [0.2, 0.25) is 12.1 Å². The van der Waals surface area contributed by atoms with Crippen molar-refractivity contribution in [2.75, 3.05) is 6.61 Å². The highest BCUT2D eigenvalue weighted by atomic mass is 16.6. The largest absolute Gasteiger partial charge is 0.396 e. The van der Waals surface area contributed by atoms with Crippen molar-refractivity contribution in [2.24, 2.45) is 0 Å². The maximum atomic E-state index is 8.49. The molecule has 0 aliphatic heterocycles. The molecule has 0 aromatic heterocycles. The zero-order valence-electron chi connectivity index (χ0n) is 4.73. The van der Waals surface area contributed by atoms with Crippen LogP contribution in [0.2, 0.25) is 0 Å². The van der Waals surface area contributed by atoms with Crippen LogP contribution in [-0.4, -0.2) is 44.2 Å². The van der Waals surface area contributed by atoms with E-state index in [1.54, 1.807) is 0 Å². The molecule has 0 aliphatic carbocycles. The second kappa shape index (κ2) is 3.09. The van der Waals surface area contributed by atoms with Crippen LogP contribution in [-0.2, 0) is 0 Å². The zero-order chi connectivity index (χ0) is 7.49. The topological polar surface area (TPSA) is 101 Å². The molecule has 0 spiro atoms. The second-order valence-corrected chi connectivity index (χ2v) is 1.73. The van der Waals surface area contributed by atoms with Gasteiger partial charge in [-0.3, -0.25) is 0 Å². The van der Waals surface area contributed by atoms with Crippen molar-refractivity contribution in [3.05, 3.63) is 0 Å². The molecule has 0 aromatic rings. The summed E-state index contributed by atoms with van der Waals surface area (Å²) < 4.78 is 0. The van der Waals surface area contributed by atoms with Crippen molar-refractivity contribution >= 4 is 0 Å². The minimum absolute atomic E-state index is 0.481. The van der Waals surface area contributed by atoms with Crippen LogP contribution < -0.4 is 0 Å². The van der Waals surface area contributed by atoms with Gasteiger partial charge in [-0.2, -0.15) is 0 Å². The number of hydrogen-bond donors (Lipinski definition) is 5. The summed E-state index contributed by atoms with van der Waals surface area (Å²) in [6.45, 7) is -0.509. The van der Waals surface area contributed by atoms with E-state index in [4.69, 9.17) is 25.5 Å². The molecule has 0 rings (SSSR count). The minimum atomic E-state index is -2.59. The van der Waals surface area contributed by atoms with E-state index >= 15 is 0 Å². The molecule has 0 bridgehead atoms. The molecule has 5 N–H and O–H groups in total. The second-order valence-electron chi connectivity index (χ2n) is 1.73. The average Bonchev–Trinajstić information content (AvgIpc) is 1.65. The van der Waals surface area contributed by atoms with Gasteiger partial charge >= 0.3 is 0 Å². The van der Waals surface area contributed by atoms with Gasteiger partial charge in [0.15, 0.2) is 0 Å². The Labute approximate surface area is 51.8 Å². The lowest BCUT2D eigenvalue weighted by Gasteiger charge is -2.21. The van der Waals surface area contributed by atoms with Crippen molar-refractivity contribution in [1.82, 2.24) is 0 Å². The number of hydrogen-bond acceptors (Lipinski definition) is 5. The molecule has 0 saturated carbocycles. The van der Waals surface area contributed by atoms with Gasteiger partial charge in [0.25, 0.3) is 0 Å². The van der Waals surface area contributed by atoms with Gasteiger partial charge in [-0.25, -0.2) is 0 Å². The number of aliphatic hydroxyl groups excluding tert-OH is 2. The molecule has 0 unspecified atom stereocenters. The Bertz CT molecular complexity index is 79.0. The van der Waals surface area contributed by atoms with Crippen LogP contribution in [0.5, 0.6) is 0 Å². The van der Waals surface area contributed by atoms with E-state index < -0.39 is 25.1 Å². The number of rotatable bonds is 3. The highest BCUT2D eigenvalue weighted by Crippen LogP contribution is 2.07. The fourth-order valence-corrected chi connectivity index (χ4v) is 0.294. The lowest BCUT2D eigenvalue weighted by molar-refractivity contribution is -0.294. The van der Waals surface area contributed by atoms with Gasteiger partial charge < -0.3 is 25.5 Å². The normalized spacial score (nSPS) is 12.7. The van der Waals surface area contributed by atoms with Gasteiger partial charge in [0.1, 0.15) is 0 Å². The van der Waals surface area contributed by atoms with Crippen molar-refractivity contribution in [3.8, 4) is 0 Å². The first kappa shape index (κ1) is 8.80. The molecule has 0 radical (unpaired) electrons. The SMILES string of the molecule is OCCC(O)(O)C(O)O. The standard InChI is InChI=1S/C4H10O5/c5-2-1-4(8,9)3(6)7/h3,5-9H,1-2H2. The Morgan fingerprint density at radius 1 is 1.22 bits per heavy atom. The van der Waals surface area contributed by atoms with Crippen molar-refractivity contribution in [3.63, 3.8) is 0 Å². The molecule has 0 fully saturated rings. The van der Waals surface area contributed by atoms with Gasteiger partial charge in [-0.1, -0.05) is 0 Å². The van der Waals surface area contributed by atoms with E-state index in [-0.39, 0.29) is 0 Å². The summed E-state index contributed by atoms with van der Waals surface area (Å²) in [6.07, 6.45) is -2.71. The Morgan fingerprint density at radius 3 is 1.78 bits per heavy atom. The maximum absolute atomic E-state index is 8.49. The molecule has 0 aliphatic rings. The maximum Gasteiger partial charge on any atom is 0.217 e. The fraction of sp³-hybridized carbons (Fsp3) is 1.00. The fourth-order valence-electron chi connectivity index (χ4n) is 0.294. The van der Waals surface area contributed by atoms with Crippen LogP contribution in [0.4, 0.5) is 0 Å². The third-order valence-electron chi connectivity index (χ3n) is 0.893. The molecule has 5 heteroatoms. The Hall–Kier alpha value is -0.200.